The maximum absolute atomic E-state index is 11.9. The van der Waals surface area contributed by atoms with Gasteiger partial charge in [-0.15, -0.1) is 0 Å². The van der Waals surface area contributed by atoms with Crippen molar-refractivity contribution in [3.63, 3.8) is 0 Å². The Labute approximate surface area is 124 Å². The molecule has 1 rings (SSSR count). The summed E-state index contributed by atoms with van der Waals surface area (Å²) < 4.78 is 23.9. The highest BCUT2D eigenvalue weighted by Crippen LogP contribution is 2.16. The molecule has 0 aliphatic rings. The Morgan fingerprint density at radius 1 is 1.19 bits per heavy atom. The van der Waals surface area contributed by atoms with E-state index in [2.05, 4.69) is 5.32 Å². The molecule has 2 N–H and O–H groups in total. The van der Waals surface area contributed by atoms with E-state index < -0.39 is 21.1 Å². The van der Waals surface area contributed by atoms with E-state index in [0.717, 1.165) is 0 Å². The summed E-state index contributed by atoms with van der Waals surface area (Å²) >= 11 is 0. The topological polar surface area (TPSA) is 101 Å². The molecule has 1 aromatic carbocycles. The molecule has 0 heterocycles. The fourth-order valence-electron chi connectivity index (χ4n) is 1.61. The van der Waals surface area contributed by atoms with E-state index in [9.17, 15) is 18.0 Å². The SMILES string of the molecule is CC(C)S(=O)(=O)c1ccc(C(=O)NCCCC(=O)O)cc1. The molecule has 0 radical (unpaired) electrons. The lowest BCUT2D eigenvalue weighted by atomic mass is 10.2. The van der Waals surface area contributed by atoms with Crippen LogP contribution in [-0.4, -0.2) is 37.2 Å². The summed E-state index contributed by atoms with van der Waals surface area (Å²) in [5.41, 5.74) is 0.341. The van der Waals surface area contributed by atoms with Crippen LogP contribution in [0.5, 0.6) is 0 Å². The zero-order chi connectivity index (χ0) is 16.0. The third-order valence-electron chi connectivity index (χ3n) is 2.92. The van der Waals surface area contributed by atoms with Gasteiger partial charge in [0.15, 0.2) is 9.84 Å². The van der Waals surface area contributed by atoms with Gasteiger partial charge in [-0.25, -0.2) is 8.42 Å². The monoisotopic (exact) mass is 313 g/mol. The lowest BCUT2D eigenvalue weighted by molar-refractivity contribution is -0.137. The van der Waals surface area contributed by atoms with E-state index in [1.807, 2.05) is 0 Å². The van der Waals surface area contributed by atoms with Gasteiger partial charge in [-0.3, -0.25) is 9.59 Å². The Bertz CT molecular complexity index is 605. The van der Waals surface area contributed by atoms with Crippen LogP contribution < -0.4 is 5.32 Å². The van der Waals surface area contributed by atoms with Gasteiger partial charge in [0.1, 0.15) is 0 Å². The molecule has 0 aliphatic carbocycles. The van der Waals surface area contributed by atoms with Crippen molar-refractivity contribution in [1.82, 2.24) is 5.32 Å². The molecular weight excluding hydrogens is 294 g/mol. The predicted molar refractivity (Wildman–Crippen MR) is 78.0 cm³/mol. The van der Waals surface area contributed by atoms with Crippen LogP contribution in [0.25, 0.3) is 0 Å². The van der Waals surface area contributed by atoms with Gasteiger partial charge in [-0.1, -0.05) is 0 Å². The molecule has 1 aromatic rings. The number of sulfone groups is 1. The van der Waals surface area contributed by atoms with Crippen molar-refractivity contribution in [2.75, 3.05) is 6.54 Å². The molecule has 0 aliphatic heterocycles. The fourth-order valence-corrected chi connectivity index (χ4v) is 2.67. The summed E-state index contributed by atoms with van der Waals surface area (Å²) in [6.07, 6.45) is 0.340. The molecule has 0 aromatic heterocycles. The third kappa shape index (κ3) is 4.86. The maximum Gasteiger partial charge on any atom is 0.303 e. The minimum Gasteiger partial charge on any atom is -0.481 e. The molecule has 0 saturated carbocycles. The molecule has 7 heteroatoms. The average molecular weight is 313 g/mol. The van der Waals surface area contributed by atoms with E-state index in [4.69, 9.17) is 5.11 Å². The van der Waals surface area contributed by atoms with Crippen molar-refractivity contribution < 1.29 is 23.1 Å². The first-order valence-electron chi connectivity index (χ1n) is 6.59. The van der Waals surface area contributed by atoms with E-state index in [1.54, 1.807) is 13.8 Å². The number of benzene rings is 1. The van der Waals surface area contributed by atoms with Crippen LogP contribution in [0.4, 0.5) is 0 Å². The number of rotatable bonds is 7. The quantitative estimate of drug-likeness (QED) is 0.742. The Morgan fingerprint density at radius 3 is 2.24 bits per heavy atom. The number of carboxylic acids is 1. The van der Waals surface area contributed by atoms with Crippen LogP contribution in [0.15, 0.2) is 29.2 Å². The molecule has 6 nitrogen and oxygen atoms in total. The van der Waals surface area contributed by atoms with E-state index in [-0.39, 0.29) is 23.8 Å². The number of hydrogen-bond acceptors (Lipinski definition) is 4. The van der Waals surface area contributed by atoms with Crippen LogP contribution >= 0.6 is 0 Å². The van der Waals surface area contributed by atoms with Crippen LogP contribution in [0, 0.1) is 0 Å². The largest absolute Gasteiger partial charge is 0.481 e. The molecule has 0 unspecified atom stereocenters. The number of aliphatic carboxylic acids is 1. The van der Waals surface area contributed by atoms with Gasteiger partial charge in [0, 0.05) is 18.5 Å². The van der Waals surface area contributed by atoms with Crippen LogP contribution in [-0.2, 0) is 14.6 Å². The first-order valence-corrected chi connectivity index (χ1v) is 8.13. The number of carbonyl (C=O) groups excluding carboxylic acids is 1. The second-order valence-corrected chi connectivity index (χ2v) is 7.38. The molecule has 0 bridgehead atoms. The van der Waals surface area contributed by atoms with Crippen molar-refractivity contribution in [2.45, 2.75) is 36.8 Å². The van der Waals surface area contributed by atoms with Gasteiger partial charge in [0.2, 0.25) is 0 Å². The molecule has 21 heavy (non-hydrogen) atoms. The highest BCUT2D eigenvalue weighted by atomic mass is 32.2. The van der Waals surface area contributed by atoms with Gasteiger partial charge in [-0.2, -0.15) is 0 Å². The lowest BCUT2D eigenvalue weighted by Crippen LogP contribution is -2.25. The lowest BCUT2D eigenvalue weighted by Gasteiger charge is -2.09. The Kier molecular flexibility index (Phi) is 5.90. The Balaban J connectivity index is 2.66. The van der Waals surface area contributed by atoms with Crippen molar-refractivity contribution >= 4 is 21.7 Å². The van der Waals surface area contributed by atoms with Crippen LogP contribution in [0.3, 0.4) is 0 Å². The summed E-state index contributed by atoms with van der Waals surface area (Å²) in [6.45, 7) is 3.45. The molecule has 0 atom stereocenters. The second kappa shape index (κ2) is 7.21. The maximum atomic E-state index is 11.9. The van der Waals surface area contributed by atoms with Gasteiger partial charge in [0.05, 0.1) is 10.1 Å². The normalized spacial score (nSPS) is 11.4. The van der Waals surface area contributed by atoms with E-state index in [1.165, 1.54) is 24.3 Å². The van der Waals surface area contributed by atoms with Crippen molar-refractivity contribution in [3.8, 4) is 0 Å². The first kappa shape index (κ1) is 17.2. The Morgan fingerprint density at radius 2 is 1.76 bits per heavy atom. The Hall–Kier alpha value is -1.89. The van der Waals surface area contributed by atoms with Gasteiger partial charge in [-0.05, 0) is 44.5 Å². The van der Waals surface area contributed by atoms with Crippen molar-refractivity contribution in [1.29, 1.82) is 0 Å². The predicted octanol–water partition coefficient (Wildman–Crippen LogP) is 1.46. The highest BCUT2D eigenvalue weighted by molar-refractivity contribution is 7.92. The summed E-state index contributed by atoms with van der Waals surface area (Å²) in [5.74, 6) is -1.26. The van der Waals surface area contributed by atoms with Crippen LogP contribution in [0.1, 0.15) is 37.0 Å². The van der Waals surface area contributed by atoms with Gasteiger partial charge < -0.3 is 10.4 Å². The summed E-state index contributed by atoms with van der Waals surface area (Å²) in [5, 5.41) is 10.5. The summed E-state index contributed by atoms with van der Waals surface area (Å²) in [7, 11) is -3.35. The van der Waals surface area contributed by atoms with E-state index >= 15 is 0 Å². The minimum absolute atomic E-state index is 0.00809. The standard InChI is InChI=1S/C14H19NO5S/c1-10(2)21(19,20)12-7-5-11(6-8-12)14(18)15-9-3-4-13(16)17/h5-8,10H,3-4,9H2,1-2H3,(H,15,18)(H,16,17). The third-order valence-corrected chi connectivity index (χ3v) is 5.09. The molecule has 0 saturated heterocycles. The van der Waals surface area contributed by atoms with Crippen LogP contribution in [0.2, 0.25) is 0 Å². The molecule has 0 fully saturated rings. The second-order valence-electron chi connectivity index (χ2n) is 4.87. The van der Waals surface area contributed by atoms with Gasteiger partial charge >= 0.3 is 5.97 Å². The summed E-state index contributed by atoms with van der Waals surface area (Å²) in [6, 6.07) is 5.70. The smallest absolute Gasteiger partial charge is 0.303 e. The van der Waals surface area contributed by atoms with E-state index in [0.29, 0.717) is 12.0 Å². The number of carboxylic acid groups (broad SMARTS) is 1. The number of hydrogen-bond donors (Lipinski definition) is 2. The summed E-state index contributed by atoms with van der Waals surface area (Å²) in [4.78, 5) is 22.3. The molecule has 1 amide bonds. The molecular formula is C14H19NO5S. The number of amides is 1. The number of carbonyl (C=O) groups is 2. The van der Waals surface area contributed by atoms with Crippen molar-refractivity contribution in [2.24, 2.45) is 0 Å². The first-order chi connectivity index (χ1) is 9.75. The van der Waals surface area contributed by atoms with Crippen molar-refractivity contribution in [3.05, 3.63) is 29.8 Å². The van der Waals surface area contributed by atoms with Gasteiger partial charge in [0.25, 0.3) is 5.91 Å². The minimum atomic E-state index is -3.35. The highest BCUT2D eigenvalue weighted by Gasteiger charge is 2.19. The zero-order valence-electron chi connectivity index (χ0n) is 12.0. The fraction of sp³-hybridized carbons (Fsp3) is 0.429. The average Bonchev–Trinajstić information content (AvgIpc) is 2.43. The molecule has 0 spiro atoms. The zero-order valence-corrected chi connectivity index (χ0v) is 12.8. The molecule has 116 valence electrons. The number of nitrogens with one attached hydrogen (secondary N) is 1.